The number of nitrogens with one attached hydrogen (secondary N) is 1. The Kier molecular flexibility index (Phi) is 8.65. The van der Waals surface area contributed by atoms with Gasteiger partial charge in [0, 0.05) is 15.9 Å². The smallest absolute Gasteiger partial charge is 0.0327 e. The van der Waals surface area contributed by atoms with Gasteiger partial charge in [0.2, 0.25) is 0 Å². The van der Waals surface area contributed by atoms with Gasteiger partial charge < -0.3 is 5.32 Å². The van der Waals surface area contributed by atoms with E-state index in [9.17, 15) is 0 Å². The quantitative estimate of drug-likeness (QED) is 0.671. The molecule has 0 aliphatic carbocycles. The molecule has 1 N–H and O–H groups in total. The van der Waals surface area contributed by atoms with Crippen molar-refractivity contribution < 1.29 is 0 Å². The number of hydrogen-bond acceptors (Lipinski definition) is 3. The Balaban J connectivity index is 1.91. The molecule has 0 saturated heterocycles. The Morgan fingerprint density at radius 3 is 2.81 bits per heavy atom. The molecule has 0 atom stereocenters. The zero-order valence-electron chi connectivity index (χ0n) is 9.80. The van der Waals surface area contributed by atoms with E-state index < -0.39 is 0 Å². The molecule has 0 aliphatic rings. The molecule has 0 aliphatic heterocycles. The van der Waals surface area contributed by atoms with E-state index in [0.29, 0.717) is 0 Å². The van der Waals surface area contributed by atoms with Crippen molar-refractivity contribution in [1.82, 2.24) is 5.32 Å². The van der Waals surface area contributed by atoms with E-state index in [4.69, 9.17) is 0 Å². The summed E-state index contributed by atoms with van der Waals surface area (Å²) in [4.78, 5) is 1.40. The van der Waals surface area contributed by atoms with E-state index in [1.165, 1.54) is 40.8 Å². The van der Waals surface area contributed by atoms with Gasteiger partial charge in [0.15, 0.2) is 0 Å². The summed E-state index contributed by atoms with van der Waals surface area (Å²) in [6, 6.07) is 2.12. The summed E-state index contributed by atoms with van der Waals surface area (Å²) in [6.45, 7) is 2.15. The van der Waals surface area contributed by atoms with Crippen molar-refractivity contribution in [3.8, 4) is 0 Å². The highest BCUT2D eigenvalue weighted by Crippen LogP contribution is 2.22. The van der Waals surface area contributed by atoms with E-state index in [2.05, 4.69) is 38.9 Å². The first-order valence-corrected chi connectivity index (χ1v) is 8.82. The molecule has 16 heavy (non-hydrogen) atoms. The molecule has 1 heterocycles. The standard InChI is InChI=1S/C12H20BrNS2/c1-15-8-5-3-2-4-7-14-10-12-11(13)6-9-16-12/h6,9,14H,2-5,7-8,10H2,1H3. The zero-order valence-corrected chi connectivity index (χ0v) is 13.0. The number of hydrogen-bond donors (Lipinski definition) is 1. The molecule has 0 radical (unpaired) electrons. The van der Waals surface area contributed by atoms with Gasteiger partial charge in [-0.25, -0.2) is 0 Å². The SMILES string of the molecule is CSCCCCCCNCc1sccc1Br. The Morgan fingerprint density at radius 2 is 2.12 bits per heavy atom. The fourth-order valence-electron chi connectivity index (χ4n) is 1.50. The summed E-state index contributed by atoms with van der Waals surface area (Å²) in [6.07, 6.45) is 7.60. The number of thiophene rings is 1. The van der Waals surface area contributed by atoms with Crippen LogP contribution in [0.15, 0.2) is 15.9 Å². The van der Waals surface area contributed by atoms with Gasteiger partial charge in [0.1, 0.15) is 0 Å². The largest absolute Gasteiger partial charge is 0.312 e. The van der Waals surface area contributed by atoms with Crippen LogP contribution in [0.25, 0.3) is 0 Å². The number of rotatable bonds is 9. The van der Waals surface area contributed by atoms with Crippen molar-refractivity contribution in [2.24, 2.45) is 0 Å². The Labute approximate surface area is 116 Å². The first-order chi connectivity index (χ1) is 7.84. The first kappa shape index (κ1) is 14.6. The highest BCUT2D eigenvalue weighted by molar-refractivity contribution is 9.10. The van der Waals surface area contributed by atoms with Gasteiger partial charge in [-0.05, 0) is 58.8 Å². The molecule has 0 saturated carbocycles. The molecule has 1 aromatic heterocycles. The molecule has 92 valence electrons. The molecule has 1 nitrogen and oxygen atoms in total. The Morgan fingerprint density at radius 1 is 1.31 bits per heavy atom. The second-order valence-electron chi connectivity index (χ2n) is 3.78. The second kappa shape index (κ2) is 9.51. The predicted molar refractivity (Wildman–Crippen MR) is 80.6 cm³/mol. The van der Waals surface area contributed by atoms with Crippen LogP contribution in [0.5, 0.6) is 0 Å². The number of thioether (sulfide) groups is 1. The molecule has 0 fully saturated rings. The molecule has 1 aromatic rings. The molecule has 0 aromatic carbocycles. The van der Waals surface area contributed by atoms with Crippen LogP contribution < -0.4 is 5.32 Å². The van der Waals surface area contributed by atoms with Gasteiger partial charge in [-0.2, -0.15) is 11.8 Å². The second-order valence-corrected chi connectivity index (χ2v) is 6.62. The van der Waals surface area contributed by atoms with Gasteiger partial charge in [-0.1, -0.05) is 12.8 Å². The van der Waals surface area contributed by atoms with Crippen LogP contribution in [0.4, 0.5) is 0 Å². The maximum atomic E-state index is 3.55. The lowest BCUT2D eigenvalue weighted by Crippen LogP contribution is -2.14. The summed E-state index contributed by atoms with van der Waals surface area (Å²) in [7, 11) is 0. The first-order valence-electron chi connectivity index (χ1n) is 5.76. The van der Waals surface area contributed by atoms with Crippen molar-refractivity contribution in [3.05, 3.63) is 20.8 Å². The lowest BCUT2D eigenvalue weighted by molar-refractivity contribution is 0.601. The van der Waals surface area contributed by atoms with Crippen molar-refractivity contribution in [2.45, 2.75) is 32.2 Å². The average Bonchev–Trinajstić information content (AvgIpc) is 2.68. The summed E-state index contributed by atoms with van der Waals surface area (Å²) in [5, 5.41) is 5.62. The summed E-state index contributed by atoms with van der Waals surface area (Å²) in [5.74, 6) is 1.32. The number of halogens is 1. The topological polar surface area (TPSA) is 12.0 Å². The van der Waals surface area contributed by atoms with E-state index >= 15 is 0 Å². The van der Waals surface area contributed by atoms with Crippen molar-refractivity contribution in [3.63, 3.8) is 0 Å². The molecule has 0 bridgehead atoms. The average molecular weight is 322 g/mol. The zero-order chi connectivity index (χ0) is 11.6. The lowest BCUT2D eigenvalue weighted by atomic mass is 10.2. The van der Waals surface area contributed by atoms with Gasteiger partial charge >= 0.3 is 0 Å². The van der Waals surface area contributed by atoms with Crippen LogP contribution in [0.3, 0.4) is 0 Å². The van der Waals surface area contributed by atoms with Crippen LogP contribution in [0, 0.1) is 0 Å². The molecular formula is C12H20BrNS2. The van der Waals surface area contributed by atoms with Crippen LogP contribution in [0.2, 0.25) is 0 Å². The molecule has 0 spiro atoms. The third kappa shape index (κ3) is 6.28. The minimum absolute atomic E-state index is 1.00. The van der Waals surface area contributed by atoms with Crippen LogP contribution in [-0.4, -0.2) is 18.6 Å². The summed E-state index contributed by atoms with van der Waals surface area (Å²) < 4.78 is 1.24. The maximum Gasteiger partial charge on any atom is 0.0327 e. The molecule has 0 unspecified atom stereocenters. The van der Waals surface area contributed by atoms with Crippen LogP contribution in [-0.2, 0) is 6.54 Å². The van der Waals surface area contributed by atoms with E-state index in [1.54, 1.807) is 0 Å². The Hall–Kier alpha value is 0.490. The van der Waals surface area contributed by atoms with Crippen LogP contribution in [0.1, 0.15) is 30.6 Å². The number of unbranched alkanes of at least 4 members (excludes halogenated alkanes) is 3. The highest BCUT2D eigenvalue weighted by atomic mass is 79.9. The van der Waals surface area contributed by atoms with Crippen molar-refractivity contribution in [1.29, 1.82) is 0 Å². The van der Waals surface area contributed by atoms with Gasteiger partial charge in [0.05, 0.1) is 0 Å². The summed E-state index contributed by atoms with van der Waals surface area (Å²) >= 11 is 7.31. The normalized spacial score (nSPS) is 10.9. The van der Waals surface area contributed by atoms with Crippen molar-refractivity contribution in [2.75, 3.05) is 18.6 Å². The lowest BCUT2D eigenvalue weighted by Gasteiger charge is -2.03. The molecule has 4 heteroatoms. The monoisotopic (exact) mass is 321 g/mol. The third-order valence-corrected chi connectivity index (χ3v) is 5.05. The Bertz CT molecular complexity index is 276. The summed E-state index contributed by atoms with van der Waals surface area (Å²) in [5.41, 5.74) is 0. The fourth-order valence-corrected chi connectivity index (χ4v) is 3.46. The van der Waals surface area contributed by atoms with Crippen LogP contribution >= 0.6 is 39.0 Å². The van der Waals surface area contributed by atoms with E-state index in [-0.39, 0.29) is 0 Å². The molecular weight excluding hydrogens is 302 g/mol. The van der Waals surface area contributed by atoms with E-state index in [0.717, 1.165) is 13.1 Å². The minimum atomic E-state index is 1.00. The minimum Gasteiger partial charge on any atom is -0.312 e. The molecule has 1 rings (SSSR count). The van der Waals surface area contributed by atoms with Gasteiger partial charge in [0.25, 0.3) is 0 Å². The molecule has 0 amide bonds. The van der Waals surface area contributed by atoms with Gasteiger partial charge in [-0.3, -0.25) is 0 Å². The van der Waals surface area contributed by atoms with Crippen molar-refractivity contribution >= 4 is 39.0 Å². The fraction of sp³-hybridized carbons (Fsp3) is 0.667. The van der Waals surface area contributed by atoms with E-state index in [1.807, 2.05) is 23.1 Å². The van der Waals surface area contributed by atoms with Gasteiger partial charge in [-0.15, -0.1) is 11.3 Å². The third-order valence-electron chi connectivity index (χ3n) is 2.43. The highest BCUT2D eigenvalue weighted by Gasteiger charge is 1.99. The maximum absolute atomic E-state index is 3.55. The predicted octanol–water partition coefficient (Wildman–Crippen LogP) is 4.52.